The minimum atomic E-state index is 0.635. The number of thiazole rings is 1. The lowest BCUT2D eigenvalue weighted by atomic mass is 10.1. The van der Waals surface area contributed by atoms with Crippen molar-refractivity contribution in [1.82, 2.24) is 4.98 Å². The van der Waals surface area contributed by atoms with Crippen LogP contribution in [0.5, 0.6) is 0 Å². The lowest BCUT2D eigenvalue weighted by molar-refractivity contribution is 0.566. The topological polar surface area (TPSA) is 33.2 Å². The van der Waals surface area contributed by atoms with Crippen LogP contribution in [0.2, 0.25) is 0 Å². The maximum absolute atomic E-state index is 11.0. The molecule has 0 bridgehead atoms. The maximum atomic E-state index is 11.0. The van der Waals surface area contributed by atoms with Gasteiger partial charge >= 0.3 is 0 Å². The van der Waals surface area contributed by atoms with E-state index in [0.717, 1.165) is 16.4 Å². The summed E-state index contributed by atoms with van der Waals surface area (Å²) in [5.74, 6) is 2.01. The van der Waals surface area contributed by atoms with Crippen LogP contribution in [0, 0.1) is 0 Å². The van der Waals surface area contributed by atoms with Gasteiger partial charge in [-0.1, -0.05) is 18.2 Å². The third kappa shape index (κ3) is 1.28. The molecule has 4 heteroatoms. The van der Waals surface area contributed by atoms with E-state index in [1.165, 1.54) is 11.3 Å². The Kier molecular flexibility index (Phi) is 2.10. The molecule has 1 aromatic carbocycles. The van der Waals surface area contributed by atoms with E-state index >= 15 is 0 Å². The summed E-state index contributed by atoms with van der Waals surface area (Å²) in [6.07, 6.45) is 2.38. The summed E-state index contributed by atoms with van der Waals surface area (Å²) in [6.45, 7) is 0. The summed E-state index contributed by atoms with van der Waals surface area (Å²) in [7, 11) is 0. The van der Waals surface area contributed by atoms with Crippen LogP contribution in [-0.4, -0.2) is 10.9 Å². The van der Waals surface area contributed by atoms with E-state index in [4.69, 9.17) is 0 Å². The number of hydrogen-bond acceptors (Lipinski definition) is 4. The van der Waals surface area contributed by atoms with Gasteiger partial charge in [-0.05, 0) is 11.6 Å². The summed E-state index contributed by atoms with van der Waals surface area (Å²) in [4.78, 5) is 17.1. The van der Waals surface area contributed by atoms with Gasteiger partial charge in [0, 0.05) is 18.0 Å². The number of benzene rings is 1. The largest absolute Gasteiger partial charge is 0.279 e. The molecule has 0 unspecified atom stereocenters. The zero-order valence-electron chi connectivity index (χ0n) is 8.38. The first-order chi connectivity index (χ1) is 7.90. The van der Waals surface area contributed by atoms with Gasteiger partial charge < -0.3 is 0 Å². The van der Waals surface area contributed by atoms with E-state index in [1.807, 2.05) is 40.5 Å². The van der Waals surface area contributed by atoms with E-state index in [9.17, 15) is 4.79 Å². The Morgan fingerprint density at radius 3 is 3.00 bits per heavy atom. The SMILES string of the molecule is O=C=C1Cc2ccccc2N1c1nccs1. The van der Waals surface area contributed by atoms with Crippen LogP contribution in [0.1, 0.15) is 5.56 Å². The molecule has 0 amide bonds. The molecular formula is C12H8N2OS. The first-order valence-corrected chi connectivity index (χ1v) is 5.79. The number of rotatable bonds is 1. The number of allylic oxidation sites excluding steroid dienone is 1. The Morgan fingerprint density at radius 2 is 2.25 bits per heavy atom. The average Bonchev–Trinajstić information content (AvgIpc) is 2.94. The first-order valence-electron chi connectivity index (χ1n) is 4.91. The van der Waals surface area contributed by atoms with Crippen molar-refractivity contribution in [2.75, 3.05) is 4.90 Å². The second-order valence-corrected chi connectivity index (χ2v) is 4.38. The third-order valence-electron chi connectivity index (χ3n) is 2.59. The first kappa shape index (κ1) is 9.33. The van der Waals surface area contributed by atoms with Crippen molar-refractivity contribution in [2.24, 2.45) is 0 Å². The molecule has 0 fully saturated rings. The molecular weight excluding hydrogens is 220 g/mol. The molecule has 2 aromatic rings. The van der Waals surface area contributed by atoms with Gasteiger partial charge in [-0.15, -0.1) is 11.3 Å². The predicted molar refractivity (Wildman–Crippen MR) is 63.6 cm³/mol. The van der Waals surface area contributed by atoms with E-state index in [1.54, 1.807) is 6.20 Å². The van der Waals surface area contributed by atoms with Gasteiger partial charge in [0.15, 0.2) is 5.13 Å². The lowest BCUT2D eigenvalue weighted by Crippen LogP contribution is -2.11. The van der Waals surface area contributed by atoms with E-state index in [-0.39, 0.29) is 0 Å². The normalized spacial score (nSPS) is 13.8. The molecule has 0 saturated heterocycles. The Balaban J connectivity index is 2.19. The second-order valence-electron chi connectivity index (χ2n) is 3.50. The van der Waals surface area contributed by atoms with Gasteiger partial charge in [-0.2, -0.15) is 0 Å². The molecule has 3 rings (SSSR count). The fraction of sp³-hybridized carbons (Fsp3) is 0.0833. The van der Waals surface area contributed by atoms with Crippen molar-refractivity contribution in [2.45, 2.75) is 6.42 Å². The number of aromatic nitrogens is 1. The fourth-order valence-corrected chi connectivity index (χ4v) is 2.59. The van der Waals surface area contributed by atoms with Gasteiger partial charge in [-0.25, -0.2) is 9.78 Å². The monoisotopic (exact) mass is 228 g/mol. The molecule has 78 valence electrons. The number of hydrogen-bond donors (Lipinski definition) is 0. The molecule has 0 radical (unpaired) electrons. The van der Waals surface area contributed by atoms with E-state index in [2.05, 4.69) is 4.98 Å². The molecule has 1 aromatic heterocycles. The van der Waals surface area contributed by atoms with E-state index < -0.39 is 0 Å². The molecule has 1 aliphatic heterocycles. The van der Waals surface area contributed by atoms with Gasteiger partial charge in [0.05, 0.1) is 5.69 Å². The Bertz CT molecular complexity index is 570. The summed E-state index contributed by atoms with van der Waals surface area (Å²) in [5.41, 5.74) is 2.82. The van der Waals surface area contributed by atoms with Crippen molar-refractivity contribution in [3.05, 3.63) is 47.1 Å². The quantitative estimate of drug-likeness (QED) is 0.703. The predicted octanol–water partition coefficient (Wildman–Crippen LogP) is 2.55. The smallest absolute Gasteiger partial charge is 0.194 e. The highest BCUT2D eigenvalue weighted by Crippen LogP contribution is 2.39. The van der Waals surface area contributed by atoms with Crippen LogP contribution in [0.3, 0.4) is 0 Å². The third-order valence-corrected chi connectivity index (χ3v) is 3.35. The average molecular weight is 228 g/mol. The zero-order valence-corrected chi connectivity index (χ0v) is 9.20. The minimum absolute atomic E-state index is 0.635. The molecule has 0 N–H and O–H groups in total. The molecule has 0 saturated carbocycles. The molecule has 16 heavy (non-hydrogen) atoms. The molecule has 3 nitrogen and oxygen atoms in total. The van der Waals surface area contributed by atoms with Crippen LogP contribution in [-0.2, 0) is 11.2 Å². The number of fused-ring (bicyclic) bond motifs is 1. The standard InChI is InChI=1S/C12H8N2OS/c15-8-10-7-9-3-1-2-4-11(9)14(10)12-13-5-6-16-12/h1-6H,7H2. The number of carbonyl (C=O) groups excluding carboxylic acids is 1. The minimum Gasteiger partial charge on any atom is -0.279 e. The number of anilines is 2. The highest BCUT2D eigenvalue weighted by atomic mass is 32.1. The van der Waals surface area contributed by atoms with E-state index in [0.29, 0.717) is 12.1 Å². The van der Waals surface area contributed by atoms with Crippen LogP contribution < -0.4 is 4.90 Å². The van der Waals surface area contributed by atoms with Gasteiger partial charge in [0.2, 0.25) is 0 Å². The van der Waals surface area contributed by atoms with Gasteiger partial charge in [-0.3, -0.25) is 4.90 Å². The van der Waals surface area contributed by atoms with Gasteiger partial charge in [0.25, 0.3) is 0 Å². The number of para-hydroxylation sites is 1. The molecule has 2 heterocycles. The highest BCUT2D eigenvalue weighted by Gasteiger charge is 2.27. The van der Waals surface area contributed by atoms with Crippen LogP contribution in [0.15, 0.2) is 41.5 Å². The Labute approximate surface area is 96.7 Å². The number of nitrogens with zero attached hydrogens (tertiary/aromatic N) is 2. The van der Waals surface area contributed by atoms with Crippen molar-refractivity contribution in [3.8, 4) is 0 Å². The maximum Gasteiger partial charge on any atom is 0.194 e. The fourth-order valence-electron chi connectivity index (χ4n) is 1.91. The Morgan fingerprint density at radius 1 is 1.38 bits per heavy atom. The van der Waals surface area contributed by atoms with Crippen molar-refractivity contribution in [3.63, 3.8) is 0 Å². The Hall–Kier alpha value is -1.90. The summed E-state index contributed by atoms with van der Waals surface area (Å²) in [5, 5.41) is 2.72. The van der Waals surface area contributed by atoms with Crippen LogP contribution in [0.4, 0.5) is 10.8 Å². The van der Waals surface area contributed by atoms with Crippen LogP contribution >= 0.6 is 11.3 Å². The van der Waals surface area contributed by atoms with Crippen molar-refractivity contribution >= 4 is 28.1 Å². The van der Waals surface area contributed by atoms with Crippen LogP contribution in [0.25, 0.3) is 0 Å². The molecule has 0 spiro atoms. The summed E-state index contributed by atoms with van der Waals surface area (Å²) in [6, 6.07) is 7.97. The summed E-state index contributed by atoms with van der Waals surface area (Å²) < 4.78 is 0. The lowest BCUT2D eigenvalue weighted by Gasteiger charge is -2.15. The molecule has 0 aliphatic carbocycles. The highest BCUT2D eigenvalue weighted by molar-refractivity contribution is 7.13. The van der Waals surface area contributed by atoms with Gasteiger partial charge in [0.1, 0.15) is 11.6 Å². The van der Waals surface area contributed by atoms with Crippen molar-refractivity contribution < 1.29 is 4.79 Å². The van der Waals surface area contributed by atoms with Crippen molar-refractivity contribution in [1.29, 1.82) is 0 Å². The zero-order chi connectivity index (χ0) is 11.0. The molecule has 0 atom stereocenters. The second kappa shape index (κ2) is 3.59. The summed E-state index contributed by atoms with van der Waals surface area (Å²) >= 11 is 1.52. The molecule has 1 aliphatic rings.